The van der Waals surface area contributed by atoms with Gasteiger partial charge in [0.25, 0.3) is 0 Å². The van der Waals surface area contributed by atoms with Crippen LogP contribution in [0, 0.1) is 0 Å². The van der Waals surface area contributed by atoms with Crippen LogP contribution in [-0.2, 0) is 11.5 Å². The molecule has 7 nitrogen and oxygen atoms in total. The zero-order chi connectivity index (χ0) is 13.7. The van der Waals surface area contributed by atoms with Gasteiger partial charge < -0.3 is 15.7 Å². The number of phenols is 1. The van der Waals surface area contributed by atoms with Crippen molar-refractivity contribution in [1.29, 1.82) is 0 Å². The number of benzene rings is 2. The van der Waals surface area contributed by atoms with E-state index in [9.17, 15) is 5.11 Å². The van der Waals surface area contributed by atoms with Gasteiger partial charge in [0, 0.05) is 17.3 Å². The maximum Gasteiger partial charge on any atom is 0.173 e. The number of hydrogen-bond acceptors (Lipinski definition) is 6. The highest BCUT2D eigenvalue weighted by atomic mass is 17.2. The van der Waals surface area contributed by atoms with E-state index in [2.05, 4.69) is 10.2 Å². The summed E-state index contributed by atoms with van der Waals surface area (Å²) < 4.78 is 0. The lowest BCUT2D eigenvalue weighted by Crippen LogP contribution is -2.00. The first kappa shape index (κ1) is 11.1. The topological polar surface area (TPSA) is 95.4 Å². The fraction of sp³-hybridized carbons (Fsp3) is 0.0769. The van der Waals surface area contributed by atoms with Crippen LogP contribution in [0.5, 0.6) is 11.5 Å². The standard InChI is InChI=1S/C13H10N4O3/c14-8-1-2-12(18)11(4-8)17-15-9-3-7-6-19-20-13(7)5-10(9)16-17/h1-5,18H,6,14H2. The molecule has 0 amide bonds. The molecule has 1 aliphatic rings. The van der Waals surface area contributed by atoms with E-state index < -0.39 is 0 Å². The quantitative estimate of drug-likeness (QED) is 0.395. The SMILES string of the molecule is Nc1ccc(O)c(-n2nc3cc4c(cc3n2)OOC4)c1. The normalized spacial score (nSPS) is 13.4. The Morgan fingerprint density at radius 2 is 1.95 bits per heavy atom. The number of fused-ring (bicyclic) bond motifs is 2. The smallest absolute Gasteiger partial charge is 0.173 e. The molecule has 0 radical (unpaired) electrons. The number of rotatable bonds is 1. The van der Waals surface area contributed by atoms with Crippen molar-refractivity contribution in [2.75, 3.05) is 5.73 Å². The van der Waals surface area contributed by atoms with Crippen molar-refractivity contribution in [2.24, 2.45) is 0 Å². The predicted octanol–water partition coefficient (Wildman–Crippen LogP) is 1.53. The third-order valence-corrected chi connectivity index (χ3v) is 3.14. The second kappa shape index (κ2) is 3.84. The van der Waals surface area contributed by atoms with Gasteiger partial charge in [-0.05, 0) is 24.3 Å². The maximum absolute atomic E-state index is 9.88. The van der Waals surface area contributed by atoms with Gasteiger partial charge in [-0.15, -0.1) is 15.0 Å². The van der Waals surface area contributed by atoms with Gasteiger partial charge in [0.1, 0.15) is 29.1 Å². The molecule has 0 saturated heterocycles. The highest BCUT2D eigenvalue weighted by molar-refractivity contribution is 5.77. The van der Waals surface area contributed by atoms with Crippen LogP contribution in [0.25, 0.3) is 16.7 Å². The molecule has 20 heavy (non-hydrogen) atoms. The van der Waals surface area contributed by atoms with Crippen molar-refractivity contribution in [3.63, 3.8) is 0 Å². The highest BCUT2D eigenvalue weighted by Crippen LogP contribution is 2.30. The van der Waals surface area contributed by atoms with E-state index in [1.54, 1.807) is 18.2 Å². The lowest BCUT2D eigenvalue weighted by molar-refractivity contribution is -0.194. The van der Waals surface area contributed by atoms with Crippen LogP contribution < -0.4 is 10.6 Å². The summed E-state index contributed by atoms with van der Waals surface area (Å²) in [6, 6.07) is 8.34. The first-order chi connectivity index (χ1) is 9.70. The average Bonchev–Trinajstić information content (AvgIpc) is 3.03. The monoisotopic (exact) mass is 270 g/mol. The van der Waals surface area contributed by atoms with Gasteiger partial charge in [-0.3, -0.25) is 0 Å². The Bertz CT molecular complexity index is 787. The molecule has 100 valence electrons. The predicted molar refractivity (Wildman–Crippen MR) is 70.4 cm³/mol. The van der Waals surface area contributed by atoms with Crippen molar-refractivity contribution in [3.05, 3.63) is 35.9 Å². The van der Waals surface area contributed by atoms with Gasteiger partial charge in [0.2, 0.25) is 0 Å². The molecule has 0 atom stereocenters. The van der Waals surface area contributed by atoms with E-state index in [1.165, 1.54) is 10.9 Å². The molecule has 0 bridgehead atoms. The van der Waals surface area contributed by atoms with Crippen molar-refractivity contribution < 1.29 is 14.9 Å². The van der Waals surface area contributed by atoms with Crippen LogP contribution >= 0.6 is 0 Å². The summed E-state index contributed by atoms with van der Waals surface area (Å²) in [6.07, 6.45) is 0. The van der Waals surface area contributed by atoms with E-state index in [0.717, 1.165) is 5.56 Å². The third-order valence-electron chi connectivity index (χ3n) is 3.14. The van der Waals surface area contributed by atoms with Gasteiger partial charge in [0.05, 0.1) is 0 Å². The molecule has 0 aliphatic carbocycles. The molecule has 3 N–H and O–H groups in total. The number of aromatic hydroxyl groups is 1. The van der Waals surface area contributed by atoms with Crippen molar-refractivity contribution in [1.82, 2.24) is 15.0 Å². The molecule has 0 spiro atoms. The van der Waals surface area contributed by atoms with Crippen LogP contribution in [-0.4, -0.2) is 20.1 Å². The number of aromatic nitrogens is 3. The number of nitrogens with zero attached hydrogens (tertiary/aromatic N) is 3. The Morgan fingerprint density at radius 1 is 1.15 bits per heavy atom. The van der Waals surface area contributed by atoms with Gasteiger partial charge in [-0.25, -0.2) is 0 Å². The van der Waals surface area contributed by atoms with Gasteiger partial charge >= 0.3 is 0 Å². The molecule has 4 rings (SSSR count). The molecule has 0 saturated carbocycles. The zero-order valence-electron chi connectivity index (χ0n) is 10.3. The molecule has 1 aliphatic heterocycles. The van der Waals surface area contributed by atoms with E-state index in [1.807, 2.05) is 6.07 Å². The van der Waals surface area contributed by atoms with E-state index in [-0.39, 0.29) is 5.75 Å². The summed E-state index contributed by atoms with van der Waals surface area (Å²) >= 11 is 0. The fourth-order valence-corrected chi connectivity index (χ4v) is 2.14. The third kappa shape index (κ3) is 1.57. The second-order valence-electron chi connectivity index (χ2n) is 4.53. The summed E-state index contributed by atoms with van der Waals surface area (Å²) in [7, 11) is 0. The van der Waals surface area contributed by atoms with Crippen LogP contribution in [0.4, 0.5) is 5.69 Å². The minimum atomic E-state index is 0.0617. The number of nitrogen functional groups attached to an aromatic ring is 1. The van der Waals surface area contributed by atoms with E-state index >= 15 is 0 Å². The average molecular weight is 270 g/mol. The second-order valence-corrected chi connectivity index (χ2v) is 4.53. The number of hydrogen-bond donors (Lipinski definition) is 2. The maximum atomic E-state index is 9.88. The summed E-state index contributed by atoms with van der Waals surface area (Å²) in [4.78, 5) is 11.3. The molecule has 0 fully saturated rings. The van der Waals surface area contributed by atoms with Crippen LogP contribution in [0.2, 0.25) is 0 Å². The Hall–Kier alpha value is -2.80. The molecular formula is C13H10N4O3. The van der Waals surface area contributed by atoms with Crippen molar-refractivity contribution in [3.8, 4) is 17.2 Å². The Kier molecular flexibility index (Phi) is 2.13. The molecule has 3 aromatic rings. The molecule has 0 unspecified atom stereocenters. The zero-order valence-corrected chi connectivity index (χ0v) is 10.3. The van der Waals surface area contributed by atoms with E-state index in [0.29, 0.717) is 34.8 Å². The molecule has 1 aromatic heterocycles. The number of anilines is 1. The van der Waals surface area contributed by atoms with E-state index in [4.69, 9.17) is 15.5 Å². The lowest BCUT2D eigenvalue weighted by Gasteiger charge is -2.03. The highest BCUT2D eigenvalue weighted by Gasteiger charge is 2.18. The first-order valence-corrected chi connectivity index (χ1v) is 5.99. The van der Waals surface area contributed by atoms with Crippen LogP contribution in [0.1, 0.15) is 5.56 Å². The molecule has 2 aromatic carbocycles. The molecule has 2 heterocycles. The number of phenolic OH excluding ortho intramolecular Hbond substituents is 1. The lowest BCUT2D eigenvalue weighted by atomic mass is 10.2. The molecule has 7 heteroatoms. The summed E-state index contributed by atoms with van der Waals surface area (Å²) in [5.41, 5.74) is 8.94. The molecular weight excluding hydrogens is 260 g/mol. The minimum absolute atomic E-state index is 0.0617. The summed E-state index contributed by atoms with van der Waals surface area (Å²) in [6.45, 7) is 0.391. The Labute approximate surface area is 113 Å². The Balaban J connectivity index is 1.91. The van der Waals surface area contributed by atoms with Gasteiger partial charge in [0.15, 0.2) is 5.75 Å². The Morgan fingerprint density at radius 3 is 2.80 bits per heavy atom. The largest absolute Gasteiger partial charge is 0.506 e. The van der Waals surface area contributed by atoms with Gasteiger partial charge in [-0.1, -0.05) is 0 Å². The van der Waals surface area contributed by atoms with Crippen molar-refractivity contribution >= 4 is 16.7 Å². The first-order valence-electron chi connectivity index (χ1n) is 5.99. The van der Waals surface area contributed by atoms with Crippen LogP contribution in [0.3, 0.4) is 0 Å². The summed E-state index contributed by atoms with van der Waals surface area (Å²) in [5, 5.41) is 18.5. The van der Waals surface area contributed by atoms with Gasteiger partial charge in [-0.2, -0.15) is 4.89 Å². The van der Waals surface area contributed by atoms with Crippen molar-refractivity contribution in [2.45, 2.75) is 6.61 Å². The fourth-order valence-electron chi connectivity index (χ4n) is 2.14. The summed E-state index contributed by atoms with van der Waals surface area (Å²) in [5.74, 6) is 0.702. The minimum Gasteiger partial charge on any atom is -0.506 e. The number of nitrogens with two attached hydrogens (primary N) is 1. The van der Waals surface area contributed by atoms with Crippen LogP contribution in [0.15, 0.2) is 30.3 Å².